The van der Waals surface area contributed by atoms with Gasteiger partial charge in [-0.05, 0) is 54.2 Å². The first-order valence-electron chi connectivity index (χ1n) is 11.4. The van der Waals surface area contributed by atoms with E-state index < -0.39 is 0 Å². The van der Waals surface area contributed by atoms with Crippen molar-refractivity contribution < 1.29 is 9.59 Å². The SMILES string of the molecule is CCCCC1CCC(c2ccc(-c3ccc(C(=O)CC(=O)CC)cc3)cc2)CC1. The van der Waals surface area contributed by atoms with E-state index in [9.17, 15) is 9.59 Å². The van der Waals surface area contributed by atoms with Crippen molar-refractivity contribution in [1.29, 1.82) is 0 Å². The van der Waals surface area contributed by atoms with Crippen LogP contribution in [0.1, 0.15) is 93.5 Å². The second kappa shape index (κ2) is 10.5. The van der Waals surface area contributed by atoms with Gasteiger partial charge < -0.3 is 0 Å². The second-order valence-electron chi connectivity index (χ2n) is 8.55. The van der Waals surface area contributed by atoms with Gasteiger partial charge in [-0.2, -0.15) is 0 Å². The Morgan fingerprint density at radius 2 is 1.41 bits per heavy atom. The molecule has 0 aliphatic heterocycles. The van der Waals surface area contributed by atoms with E-state index in [0.29, 0.717) is 17.9 Å². The van der Waals surface area contributed by atoms with Gasteiger partial charge >= 0.3 is 0 Å². The Balaban J connectivity index is 1.59. The molecule has 0 radical (unpaired) electrons. The van der Waals surface area contributed by atoms with Crippen LogP contribution in [0.5, 0.6) is 0 Å². The van der Waals surface area contributed by atoms with E-state index in [4.69, 9.17) is 0 Å². The van der Waals surface area contributed by atoms with Crippen molar-refractivity contribution in [1.82, 2.24) is 0 Å². The van der Waals surface area contributed by atoms with Gasteiger partial charge in [0, 0.05) is 12.0 Å². The summed E-state index contributed by atoms with van der Waals surface area (Å²) in [6, 6.07) is 16.6. The molecule has 0 bridgehead atoms. The molecule has 1 aliphatic carbocycles. The number of benzene rings is 2. The third-order valence-electron chi connectivity index (χ3n) is 6.49. The van der Waals surface area contributed by atoms with Gasteiger partial charge in [0.15, 0.2) is 5.78 Å². The zero-order valence-electron chi connectivity index (χ0n) is 18.0. The van der Waals surface area contributed by atoms with E-state index in [1.165, 1.54) is 56.1 Å². The fraction of sp³-hybridized carbons (Fsp3) is 0.481. The minimum absolute atomic E-state index is 0.00519. The summed E-state index contributed by atoms with van der Waals surface area (Å²) >= 11 is 0. The summed E-state index contributed by atoms with van der Waals surface area (Å²) in [7, 11) is 0. The highest BCUT2D eigenvalue weighted by molar-refractivity contribution is 6.08. The molecule has 3 rings (SSSR count). The molecule has 2 aromatic rings. The molecule has 0 N–H and O–H groups in total. The summed E-state index contributed by atoms with van der Waals surface area (Å²) in [5, 5.41) is 0. The van der Waals surface area contributed by atoms with Crippen LogP contribution in [0, 0.1) is 5.92 Å². The number of rotatable bonds is 9. The van der Waals surface area contributed by atoms with Gasteiger partial charge in [-0.15, -0.1) is 0 Å². The monoisotopic (exact) mass is 390 g/mol. The van der Waals surface area contributed by atoms with Crippen molar-refractivity contribution in [2.75, 3.05) is 0 Å². The van der Waals surface area contributed by atoms with Crippen LogP contribution in [0.2, 0.25) is 0 Å². The van der Waals surface area contributed by atoms with Crippen molar-refractivity contribution in [3.05, 3.63) is 59.7 Å². The maximum absolute atomic E-state index is 12.1. The molecule has 0 heterocycles. The molecule has 1 saturated carbocycles. The first-order valence-corrected chi connectivity index (χ1v) is 11.4. The number of ketones is 2. The van der Waals surface area contributed by atoms with Crippen LogP contribution in [-0.4, -0.2) is 11.6 Å². The third-order valence-corrected chi connectivity index (χ3v) is 6.49. The van der Waals surface area contributed by atoms with Gasteiger partial charge in [0.25, 0.3) is 0 Å². The van der Waals surface area contributed by atoms with Crippen LogP contribution in [0.25, 0.3) is 11.1 Å². The summed E-state index contributed by atoms with van der Waals surface area (Å²) in [6.45, 7) is 4.08. The Labute approximate surface area is 175 Å². The van der Waals surface area contributed by atoms with E-state index in [0.717, 1.165) is 11.5 Å². The van der Waals surface area contributed by atoms with E-state index in [-0.39, 0.29) is 18.0 Å². The minimum Gasteiger partial charge on any atom is -0.299 e. The standard InChI is InChI=1S/C27H34O2/c1-3-5-6-20-7-9-21(10-8-20)22-11-13-23(14-12-22)24-15-17-25(18-16-24)27(29)19-26(28)4-2/h11-18,20-21H,3-10,19H2,1-2H3. The van der Waals surface area contributed by atoms with Gasteiger partial charge in [0.1, 0.15) is 5.78 Å². The summed E-state index contributed by atoms with van der Waals surface area (Å²) in [5.41, 5.74) is 4.37. The zero-order chi connectivity index (χ0) is 20.6. The lowest BCUT2D eigenvalue weighted by Gasteiger charge is -2.29. The molecule has 0 unspecified atom stereocenters. The van der Waals surface area contributed by atoms with Crippen LogP contribution in [0.4, 0.5) is 0 Å². The summed E-state index contributed by atoms with van der Waals surface area (Å²) < 4.78 is 0. The number of hydrogen-bond acceptors (Lipinski definition) is 2. The van der Waals surface area contributed by atoms with E-state index in [1.807, 2.05) is 24.3 Å². The Kier molecular flexibility index (Phi) is 7.80. The molecule has 2 aromatic carbocycles. The molecule has 29 heavy (non-hydrogen) atoms. The maximum atomic E-state index is 12.1. The van der Waals surface area contributed by atoms with Crippen molar-refractivity contribution in [2.24, 2.45) is 5.92 Å². The highest BCUT2D eigenvalue weighted by Crippen LogP contribution is 2.38. The molecule has 2 heteroatoms. The predicted octanol–water partition coefficient (Wildman–Crippen LogP) is 7.37. The largest absolute Gasteiger partial charge is 0.299 e. The lowest BCUT2D eigenvalue weighted by molar-refractivity contribution is -0.117. The lowest BCUT2D eigenvalue weighted by atomic mass is 9.77. The molecule has 154 valence electrons. The minimum atomic E-state index is -0.0895. The number of unbranched alkanes of at least 4 members (excludes halogenated alkanes) is 1. The van der Waals surface area contributed by atoms with Gasteiger partial charge in [0.2, 0.25) is 0 Å². The quantitative estimate of drug-likeness (QED) is 0.331. The molecule has 1 aliphatic rings. The van der Waals surface area contributed by atoms with Crippen molar-refractivity contribution in [2.45, 2.75) is 77.6 Å². The molecular formula is C27H34O2. The van der Waals surface area contributed by atoms with Crippen molar-refractivity contribution in [3.8, 4) is 11.1 Å². The average Bonchev–Trinajstić information content (AvgIpc) is 2.78. The van der Waals surface area contributed by atoms with Crippen LogP contribution < -0.4 is 0 Å². The van der Waals surface area contributed by atoms with E-state index >= 15 is 0 Å². The van der Waals surface area contributed by atoms with Crippen molar-refractivity contribution >= 4 is 11.6 Å². The third kappa shape index (κ3) is 5.88. The van der Waals surface area contributed by atoms with E-state index in [1.54, 1.807) is 6.92 Å². The van der Waals surface area contributed by atoms with Gasteiger partial charge in [-0.3, -0.25) is 9.59 Å². The summed E-state index contributed by atoms with van der Waals surface area (Å²) in [5.74, 6) is 1.56. The predicted molar refractivity (Wildman–Crippen MR) is 120 cm³/mol. The van der Waals surface area contributed by atoms with Gasteiger partial charge in [0.05, 0.1) is 6.42 Å². The molecule has 0 spiro atoms. The smallest absolute Gasteiger partial charge is 0.170 e. The first-order chi connectivity index (χ1) is 14.1. The average molecular weight is 391 g/mol. The molecule has 0 atom stereocenters. The van der Waals surface area contributed by atoms with Gasteiger partial charge in [-0.25, -0.2) is 0 Å². The highest BCUT2D eigenvalue weighted by atomic mass is 16.1. The maximum Gasteiger partial charge on any atom is 0.170 e. The summed E-state index contributed by atoms with van der Waals surface area (Å²) in [6.07, 6.45) is 9.92. The lowest BCUT2D eigenvalue weighted by Crippen LogP contribution is -2.13. The van der Waals surface area contributed by atoms with Crippen LogP contribution in [0.3, 0.4) is 0 Å². The van der Waals surface area contributed by atoms with Gasteiger partial charge in [-0.1, -0.05) is 81.6 Å². The molecule has 2 nitrogen and oxygen atoms in total. The molecule has 0 aromatic heterocycles. The Bertz CT molecular complexity index is 793. The van der Waals surface area contributed by atoms with Crippen molar-refractivity contribution in [3.63, 3.8) is 0 Å². The fourth-order valence-electron chi connectivity index (χ4n) is 4.48. The van der Waals surface area contributed by atoms with Crippen LogP contribution in [-0.2, 0) is 4.79 Å². The number of hydrogen-bond donors (Lipinski definition) is 0. The molecule has 0 saturated heterocycles. The zero-order valence-corrected chi connectivity index (χ0v) is 18.0. The Hall–Kier alpha value is -2.22. The number of Topliss-reactive ketones (excluding diaryl/α,β-unsaturated/α-hetero) is 2. The Morgan fingerprint density at radius 1 is 0.828 bits per heavy atom. The fourth-order valence-corrected chi connectivity index (χ4v) is 4.48. The second-order valence-corrected chi connectivity index (χ2v) is 8.55. The number of carbonyl (C=O) groups is 2. The highest BCUT2D eigenvalue weighted by Gasteiger charge is 2.22. The normalized spacial score (nSPS) is 19.1. The topological polar surface area (TPSA) is 34.1 Å². The number of carbonyl (C=O) groups excluding carboxylic acids is 2. The molecule has 0 amide bonds. The van der Waals surface area contributed by atoms with Crippen LogP contribution in [0.15, 0.2) is 48.5 Å². The van der Waals surface area contributed by atoms with E-state index in [2.05, 4.69) is 31.2 Å². The Morgan fingerprint density at radius 3 is 1.97 bits per heavy atom. The van der Waals surface area contributed by atoms with Crippen LogP contribution >= 0.6 is 0 Å². The molecule has 1 fully saturated rings. The first kappa shape index (κ1) is 21.5. The summed E-state index contributed by atoms with van der Waals surface area (Å²) in [4.78, 5) is 23.6. The molecular weight excluding hydrogens is 356 g/mol.